The second-order valence-corrected chi connectivity index (χ2v) is 14.9. The Labute approximate surface area is 307 Å². The first-order valence-electron chi connectivity index (χ1n) is 15.8. The number of amides is 4. The molecule has 276 valence electrons. The van der Waals surface area contributed by atoms with Crippen molar-refractivity contribution < 1.29 is 50.5 Å². The summed E-state index contributed by atoms with van der Waals surface area (Å²) in [7, 11) is -9.31. The van der Waals surface area contributed by atoms with E-state index in [0.29, 0.717) is 22.5 Å². The van der Waals surface area contributed by atoms with E-state index < -0.39 is 47.9 Å². The number of carbonyl (C=O) groups excluding carboxylic acids is 3. The second-order valence-electron chi connectivity index (χ2n) is 12.1. The van der Waals surface area contributed by atoms with Crippen molar-refractivity contribution in [3.63, 3.8) is 0 Å². The quantitative estimate of drug-likeness (QED) is 0.0628. The molecule has 4 amide bonds. The predicted molar refractivity (Wildman–Crippen MR) is 200 cm³/mol. The van der Waals surface area contributed by atoms with Crippen LogP contribution in [0.5, 0.6) is 11.5 Å². The monoisotopic (exact) mass is 770 g/mol. The number of fused-ring (bicyclic) bond motifs is 2. The molecular formula is C37H30N4O11S2. The summed E-state index contributed by atoms with van der Waals surface area (Å²) < 4.78 is 67.8. The standard InChI is InChI=1S/C37H30N4O11S2/c1-19-17-21(38-27-13-15-29(42)25-5-3-7-31(33(25)27)53(47,48)49)9-11-23(19)35(44)40-37(46)41-36(45)24-12-10-22(18-20(24)2)39-28-14-16-30(43)26-6-4-8-32(34(26)28)54(50,51)52/h3-18,38-39,42-43H,1-2H3,(H,47,48,49)(H,50,51,52)(H2,40,41,44,45,46). The third-order valence-corrected chi connectivity index (χ3v) is 10.3. The van der Waals surface area contributed by atoms with E-state index in [1.54, 1.807) is 26.0 Å². The number of anilines is 4. The Bertz CT molecular complexity index is 2600. The smallest absolute Gasteiger partial charge is 0.328 e. The van der Waals surface area contributed by atoms with Crippen LogP contribution in [0, 0.1) is 13.8 Å². The van der Waals surface area contributed by atoms with Crippen molar-refractivity contribution in [2.24, 2.45) is 0 Å². The second kappa shape index (κ2) is 14.1. The van der Waals surface area contributed by atoms with Gasteiger partial charge in [0.15, 0.2) is 0 Å². The zero-order chi connectivity index (χ0) is 39.1. The highest BCUT2D eigenvalue weighted by molar-refractivity contribution is 7.86. The van der Waals surface area contributed by atoms with Crippen molar-refractivity contribution >= 4 is 82.4 Å². The van der Waals surface area contributed by atoms with Gasteiger partial charge in [0.25, 0.3) is 32.1 Å². The first-order chi connectivity index (χ1) is 25.4. The molecule has 0 aliphatic rings. The number of carbonyl (C=O) groups is 3. The molecule has 0 bridgehead atoms. The molecule has 0 aromatic heterocycles. The van der Waals surface area contributed by atoms with Crippen LogP contribution in [0.15, 0.2) is 107 Å². The summed E-state index contributed by atoms with van der Waals surface area (Å²) >= 11 is 0. The number of phenols is 2. The first-order valence-corrected chi connectivity index (χ1v) is 18.7. The van der Waals surface area contributed by atoms with Gasteiger partial charge >= 0.3 is 6.03 Å². The van der Waals surface area contributed by atoms with Crippen molar-refractivity contribution in [1.29, 1.82) is 0 Å². The number of hydrogen-bond donors (Lipinski definition) is 8. The van der Waals surface area contributed by atoms with E-state index in [1.165, 1.54) is 84.9 Å². The third kappa shape index (κ3) is 7.50. The van der Waals surface area contributed by atoms with Crippen LogP contribution in [0.2, 0.25) is 0 Å². The van der Waals surface area contributed by atoms with E-state index >= 15 is 0 Å². The SMILES string of the molecule is Cc1cc(Nc2ccc(O)c3cccc(S(=O)(=O)O)c23)ccc1C(=O)NC(=O)NC(=O)c1ccc(Nc2ccc(O)c3cccc(S(=O)(=O)O)c23)cc1C. The van der Waals surface area contributed by atoms with E-state index in [-0.39, 0.29) is 55.5 Å². The fourth-order valence-electron chi connectivity index (χ4n) is 6.03. The lowest BCUT2D eigenvalue weighted by molar-refractivity contribution is 0.0944. The number of urea groups is 1. The number of benzene rings is 6. The van der Waals surface area contributed by atoms with Crippen LogP contribution in [-0.4, -0.2) is 54.0 Å². The molecule has 0 radical (unpaired) electrons. The van der Waals surface area contributed by atoms with Gasteiger partial charge in [-0.05, 0) is 97.8 Å². The average Bonchev–Trinajstić information content (AvgIpc) is 3.09. The molecule has 0 atom stereocenters. The predicted octanol–water partition coefficient (Wildman–Crippen LogP) is 6.28. The Morgan fingerprint density at radius 1 is 0.537 bits per heavy atom. The van der Waals surface area contributed by atoms with Crippen LogP contribution >= 0.6 is 0 Å². The van der Waals surface area contributed by atoms with Gasteiger partial charge < -0.3 is 20.8 Å². The van der Waals surface area contributed by atoms with E-state index in [2.05, 4.69) is 21.3 Å². The van der Waals surface area contributed by atoms with Gasteiger partial charge in [0, 0.05) is 55.4 Å². The Morgan fingerprint density at radius 2 is 0.926 bits per heavy atom. The maximum absolute atomic E-state index is 13.0. The number of nitrogens with one attached hydrogen (secondary N) is 4. The molecule has 0 saturated heterocycles. The largest absolute Gasteiger partial charge is 0.507 e. The lowest BCUT2D eigenvalue weighted by atomic mass is 10.1. The zero-order valence-electron chi connectivity index (χ0n) is 28.2. The number of rotatable bonds is 8. The van der Waals surface area contributed by atoms with E-state index in [9.17, 15) is 50.5 Å². The minimum atomic E-state index is -4.65. The molecule has 17 heteroatoms. The number of imide groups is 2. The van der Waals surface area contributed by atoms with Crippen molar-refractivity contribution in [3.8, 4) is 11.5 Å². The molecule has 0 spiro atoms. The van der Waals surface area contributed by atoms with Gasteiger partial charge in [0.05, 0.1) is 0 Å². The molecule has 54 heavy (non-hydrogen) atoms. The Morgan fingerprint density at radius 3 is 1.28 bits per heavy atom. The summed E-state index contributed by atoms with van der Waals surface area (Å²) in [6.45, 7) is 3.18. The lowest BCUT2D eigenvalue weighted by Crippen LogP contribution is -2.42. The molecule has 0 unspecified atom stereocenters. The van der Waals surface area contributed by atoms with E-state index in [4.69, 9.17) is 0 Å². The van der Waals surface area contributed by atoms with Gasteiger partial charge in [0.2, 0.25) is 0 Å². The molecule has 0 heterocycles. The van der Waals surface area contributed by atoms with Crippen LogP contribution < -0.4 is 21.3 Å². The van der Waals surface area contributed by atoms with Gasteiger partial charge in [-0.1, -0.05) is 24.3 Å². The summed E-state index contributed by atoms with van der Waals surface area (Å²) in [4.78, 5) is 37.9. The number of aryl methyl sites for hydroxylation is 2. The summed E-state index contributed by atoms with van der Waals surface area (Å²) in [5, 5.41) is 31.3. The Kier molecular flexibility index (Phi) is 9.74. The fraction of sp³-hybridized carbons (Fsp3) is 0.0541. The molecule has 0 fully saturated rings. The highest BCUT2D eigenvalue weighted by Gasteiger charge is 2.22. The molecule has 8 N–H and O–H groups in total. The van der Waals surface area contributed by atoms with Crippen LogP contribution in [0.3, 0.4) is 0 Å². The Balaban J connectivity index is 1.14. The molecular weight excluding hydrogens is 741 g/mol. The summed E-state index contributed by atoms with van der Waals surface area (Å²) in [5.41, 5.74) is 2.27. The molecule has 0 aliphatic heterocycles. The minimum Gasteiger partial charge on any atom is -0.507 e. The van der Waals surface area contributed by atoms with Crippen LogP contribution in [0.4, 0.5) is 27.5 Å². The van der Waals surface area contributed by atoms with Crippen molar-refractivity contribution in [3.05, 3.63) is 119 Å². The maximum atomic E-state index is 13.0. The summed E-state index contributed by atoms with van der Waals surface area (Å²) in [5.74, 6) is -2.06. The average molecular weight is 771 g/mol. The van der Waals surface area contributed by atoms with Gasteiger partial charge in [-0.25, -0.2) is 4.79 Å². The topological polar surface area (TPSA) is 249 Å². The minimum absolute atomic E-state index is 0.0437. The third-order valence-electron chi connectivity index (χ3n) is 8.47. The number of hydrogen-bond acceptors (Lipinski definition) is 11. The molecule has 0 aliphatic carbocycles. The summed E-state index contributed by atoms with van der Waals surface area (Å²) in [6.07, 6.45) is 0. The van der Waals surface area contributed by atoms with Gasteiger partial charge in [0.1, 0.15) is 21.3 Å². The Hall–Kier alpha value is -6.53. The number of aromatic hydroxyl groups is 2. The van der Waals surface area contributed by atoms with Gasteiger partial charge in [-0.2, -0.15) is 16.8 Å². The first kappa shape index (κ1) is 37.2. The molecule has 6 rings (SSSR count). The van der Waals surface area contributed by atoms with Crippen LogP contribution in [-0.2, 0) is 20.2 Å². The fourth-order valence-corrected chi connectivity index (χ4v) is 7.49. The highest BCUT2D eigenvalue weighted by Crippen LogP contribution is 2.38. The maximum Gasteiger partial charge on any atom is 0.328 e. The van der Waals surface area contributed by atoms with Crippen LogP contribution in [0.25, 0.3) is 21.5 Å². The van der Waals surface area contributed by atoms with Crippen molar-refractivity contribution in [2.75, 3.05) is 10.6 Å². The highest BCUT2D eigenvalue weighted by atomic mass is 32.2. The normalized spacial score (nSPS) is 11.6. The van der Waals surface area contributed by atoms with Gasteiger partial charge in [-0.15, -0.1) is 0 Å². The van der Waals surface area contributed by atoms with Gasteiger partial charge in [-0.3, -0.25) is 29.3 Å². The lowest BCUT2D eigenvalue weighted by Gasteiger charge is -2.15. The molecule has 6 aromatic rings. The van der Waals surface area contributed by atoms with E-state index in [1.807, 2.05) is 0 Å². The van der Waals surface area contributed by atoms with E-state index in [0.717, 1.165) is 0 Å². The summed E-state index contributed by atoms with van der Waals surface area (Å²) in [6, 6.07) is 21.4. The zero-order valence-corrected chi connectivity index (χ0v) is 29.8. The molecule has 6 aromatic carbocycles. The van der Waals surface area contributed by atoms with Crippen molar-refractivity contribution in [1.82, 2.24) is 10.6 Å². The molecule has 15 nitrogen and oxygen atoms in total. The van der Waals surface area contributed by atoms with Crippen LogP contribution in [0.1, 0.15) is 31.8 Å². The number of phenolic OH excluding ortho intramolecular Hbond substituents is 2. The molecule has 0 saturated carbocycles. The van der Waals surface area contributed by atoms with Crippen molar-refractivity contribution in [2.45, 2.75) is 23.6 Å².